The minimum absolute atomic E-state index is 0.0646. The van der Waals surface area contributed by atoms with E-state index in [0.29, 0.717) is 25.3 Å². The lowest BCUT2D eigenvalue weighted by Gasteiger charge is -2.33. The van der Waals surface area contributed by atoms with Crippen LogP contribution in [0.2, 0.25) is 0 Å². The summed E-state index contributed by atoms with van der Waals surface area (Å²) in [5, 5.41) is 10.2. The van der Waals surface area contributed by atoms with E-state index in [0.717, 1.165) is 25.7 Å². The van der Waals surface area contributed by atoms with Crippen LogP contribution in [0.5, 0.6) is 5.75 Å². The third-order valence-electron chi connectivity index (χ3n) is 5.89. The number of aromatic hydroxyl groups is 1. The van der Waals surface area contributed by atoms with Crippen molar-refractivity contribution in [1.82, 2.24) is 14.5 Å². The Bertz CT molecular complexity index is 899. The second-order valence-electron chi connectivity index (χ2n) is 7.44. The van der Waals surface area contributed by atoms with Crippen LogP contribution in [0.1, 0.15) is 47.6 Å². The SMILES string of the molecule is CN1CCn2c(CC3(c4ccccc4)CCCC3)nc(=O)c(O)c2C1=O. The van der Waals surface area contributed by atoms with Crippen LogP contribution < -0.4 is 5.56 Å². The molecule has 2 aromatic rings. The van der Waals surface area contributed by atoms with Crippen molar-refractivity contribution >= 4 is 5.91 Å². The van der Waals surface area contributed by atoms with Gasteiger partial charge in [0.25, 0.3) is 5.91 Å². The van der Waals surface area contributed by atoms with Crippen molar-refractivity contribution in [2.75, 3.05) is 13.6 Å². The first-order valence-electron chi connectivity index (χ1n) is 9.15. The number of benzene rings is 1. The molecule has 1 aromatic heterocycles. The summed E-state index contributed by atoms with van der Waals surface area (Å²) in [6.45, 7) is 1.08. The van der Waals surface area contributed by atoms with Crippen molar-refractivity contribution in [3.05, 3.63) is 57.8 Å². The maximum absolute atomic E-state index is 12.5. The minimum atomic E-state index is -0.712. The highest BCUT2D eigenvalue weighted by Gasteiger charge is 2.38. The van der Waals surface area contributed by atoms with Crippen LogP contribution in [0.25, 0.3) is 0 Å². The maximum Gasteiger partial charge on any atom is 0.315 e. The van der Waals surface area contributed by atoms with Gasteiger partial charge in [-0.3, -0.25) is 9.59 Å². The van der Waals surface area contributed by atoms with E-state index < -0.39 is 11.3 Å². The first kappa shape index (κ1) is 16.8. The summed E-state index contributed by atoms with van der Waals surface area (Å²) < 4.78 is 1.75. The van der Waals surface area contributed by atoms with Gasteiger partial charge in [-0.25, -0.2) is 0 Å². The highest BCUT2D eigenvalue weighted by molar-refractivity contribution is 5.95. The van der Waals surface area contributed by atoms with E-state index in [2.05, 4.69) is 17.1 Å². The zero-order chi connectivity index (χ0) is 18.3. The standard InChI is InChI=1S/C20H23N3O3/c1-22-11-12-23-15(21-18(25)17(24)16(23)19(22)26)13-20(9-5-6-10-20)14-7-3-2-4-8-14/h2-4,7-8,24H,5-6,9-13H2,1H3. The summed E-state index contributed by atoms with van der Waals surface area (Å²) in [5.74, 6) is -0.254. The highest BCUT2D eigenvalue weighted by atomic mass is 16.3. The lowest BCUT2D eigenvalue weighted by atomic mass is 9.76. The summed E-state index contributed by atoms with van der Waals surface area (Å²) >= 11 is 0. The first-order chi connectivity index (χ1) is 12.5. The van der Waals surface area contributed by atoms with Crippen LogP contribution in [-0.4, -0.2) is 39.1 Å². The third-order valence-corrected chi connectivity index (χ3v) is 5.89. The molecule has 0 atom stereocenters. The van der Waals surface area contributed by atoms with E-state index in [1.54, 1.807) is 11.6 Å². The van der Waals surface area contributed by atoms with Gasteiger partial charge in [-0.05, 0) is 18.4 Å². The van der Waals surface area contributed by atoms with Crippen LogP contribution in [0.15, 0.2) is 35.1 Å². The molecule has 2 aliphatic rings. The van der Waals surface area contributed by atoms with E-state index in [1.807, 2.05) is 18.2 Å². The van der Waals surface area contributed by atoms with Gasteiger partial charge >= 0.3 is 5.56 Å². The number of hydrogen-bond donors (Lipinski definition) is 1. The lowest BCUT2D eigenvalue weighted by Crippen LogP contribution is -2.42. The Balaban J connectivity index is 1.83. The summed E-state index contributed by atoms with van der Waals surface area (Å²) in [5.41, 5.74) is 0.560. The molecule has 136 valence electrons. The normalized spacial score (nSPS) is 18.8. The van der Waals surface area contributed by atoms with Crippen LogP contribution in [0.3, 0.4) is 0 Å². The van der Waals surface area contributed by atoms with Crippen molar-refractivity contribution in [2.45, 2.75) is 44.1 Å². The maximum atomic E-state index is 12.5. The van der Waals surface area contributed by atoms with Gasteiger partial charge in [0.1, 0.15) is 5.82 Å². The fourth-order valence-corrected chi connectivity index (χ4v) is 4.43. The van der Waals surface area contributed by atoms with Crippen LogP contribution >= 0.6 is 0 Å². The topological polar surface area (TPSA) is 75.4 Å². The fourth-order valence-electron chi connectivity index (χ4n) is 4.43. The van der Waals surface area contributed by atoms with Crippen molar-refractivity contribution in [2.24, 2.45) is 0 Å². The lowest BCUT2D eigenvalue weighted by molar-refractivity contribution is 0.0737. The van der Waals surface area contributed by atoms with Crippen LogP contribution in [0.4, 0.5) is 0 Å². The number of likely N-dealkylation sites (N-methyl/N-ethyl adjacent to an activating group) is 1. The Kier molecular flexibility index (Phi) is 4.05. The van der Waals surface area contributed by atoms with E-state index in [-0.39, 0.29) is 17.0 Å². The Morgan fingerprint density at radius 2 is 1.81 bits per heavy atom. The van der Waals surface area contributed by atoms with Crippen molar-refractivity contribution in [3.63, 3.8) is 0 Å². The first-order valence-corrected chi connectivity index (χ1v) is 9.15. The smallest absolute Gasteiger partial charge is 0.315 e. The molecular weight excluding hydrogens is 330 g/mol. The molecule has 1 fully saturated rings. The molecule has 1 aliphatic carbocycles. The van der Waals surface area contributed by atoms with Gasteiger partial charge in [0.15, 0.2) is 5.69 Å². The number of carbonyl (C=O) groups excluding carboxylic acids is 1. The zero-order valence-corrected chi connectivity index (χ0v) is 14.9. The number of rotatable bonds is 3. The number of amides is 1. The van der Waals surface area contributed by atoms with E-state index in [1.165, 1.54) is 10.5 Å². The minimum Gasteiger partial charge on any atom is -0.501 e. The van der Waals surface area contributed by atoms with Gasteiger partial charge in [0.05, 0.1) is 0 Å². The summed E-state index contributed by atoms with van der Waals surface area (Å²) in [6.07, 6.45) is 4.97. The fraction of sp³-hybridized carbons (Fsp3) is 0.450. The molecule has 1 amide bonds. The molecule has 4 rings (SSSR count). The Morgan fingerprint density at radius 3 is 2.50 bits per heavy atom. The number of aromatic nitrogens is 2. The molecular formula is C20H23N3O3. The molecule has 0 radical (unpaired) electrons. The van der Waals surface area contributed by atoms with E-state index in [4.69, 9.17) is 0 Å². The van der Waals surface area contributed by atoms with Gasteiger partial charge < -0.3 is 14.6 Å². The molecule has 6 nitrogen and oxygen atoms in total. The molecule has 26 heavy (non-hydrogen) atoms. The third kappa shape index (κ3) is 2.60. The molecule has 1 N–H and O–H groups in total. The monoisotopic (exact) mass is 353 g/mol. The number of fused-ring (bicyclic) bond motifs is 1. The van der Waals surface area contributed by atoms with Crippen molar-refractivity contribution in [3.8, 4) is 5.75 Å². The van der Waals surface area contributed by atoms with Crippen LogP contribution in [0, 0.1) is 0 Å². The van der Waals surface area contributed by atoms with E-state index >= 15 is 0 Å². The average molecular weight is 353 g/mol. The van der Waals surface area contributed by atoms with Gasteiger partial charge in [-0.1, -0.05) is 43.2 Å². The summed E-state index contributed by atoms with van der Waals surface area (Å²) in [6, 6.07) is 10.4. The second-order valence-corrected chi connectivity index (χ2v) is 7.44. The predicted octanol–water partition coefficient (Wildman–Crippen LogP) is 2.09. The summed E-state index contributed by atoms with van der Waals surface area (Å²) in [4.78, 5) is 30.4. The van der Waals surface area contributed by atoms with Gasteiger partial charge in [0.2, 0.25) is 5.75 Å². The van der Waals surface area contributed by atoms with Gasteiger partial charge in [0, 0.05) is 32.0 Å². The molecule has 2 heterocycles. The number of nitrogens with zero attached hydrogens (tertiary/aromatic N) is 3. The molecule has 0 bridgehead atoms. The van der Waals surface area contributed by atoms with Crippen LogP contribution in [-0.2, 0) is 18.4 Å². The molecule has 0 spiro atoms. The van der Waals surface area contributed by atoms with Gasteiger partial charge in [-0.15, -0.1) is 0 Å². The quantitative estimate of drug-likeness (QED) is 0.917. The molecule has 0 saturated heterocycles. The Labute approximate surface area is 152 Å². The van der Waals surface area contributed by atoms with Gasteiger partial charge in [-0.2, -0.15) is 4.98 Å². The zero-order valence-electron chi connectivity index (χ0n) is 14.9. The molecule has 6 heteroatoms. The second kappa shape index (κ2) is 6.27. The number of carbonyl (C=O) groups is 1. The van der Waals surface area contributed by atoms with E-state index in [9.17, 15) is 14.7 Å². The van der Waals surface area contributed by atoms with Crippen molar-refractivity contribution in [1.29, 1.82) is 0 Å². The largest absolute Gasteiger partial charge is 0.501 e. The number of hydrogen-bond acceptors (Lipinski definition) is 4. The Morgan fingerprint density at radius 1 is 1.12 bits per heavy atom. The average Bonchev–Trinajstić information content (AvgIpc) is 3.12. The Hall–Kier alpha value is -2.63. The highest BCUT2D eigenvalue weighted by Crippen LogP contribution is 2.43. The molecule has 1 aromatic carbocycles. The predicted molar refractivity (Wildman–Crippen MR) is 97.4 cm³/mol. The molecule has 1 aliphatic heterocycles. The molecule has 0 unspecified atom stereocenters. The van der Waals surface area contributed by atoms with Crippen molar-refractivity contribution < 1.29 is 9.90 Å². The summed E-state index contributed by atoms with van der Waals surface area (Å²) in [7, 11) is 1.68. The molecule has 1 saturated carbocycles.